The summed E-state index contributed by atoms with van der Waals surface area (Å²) < 4.78 is 39.8. The summed E-state index contributed by atoms with van der Waals surface area (Å²) >= 11 is 1.96. The van der Waals surface area contributed by atoms with Crippen molar-refractivity contribution in [2.45, 2.75) is 37.4 Å². The number of amides is 4. The molecule has 0 spiro atoms. The number of anilines is 3. The summed E-state index contributed by atoms with van der Waals surface area (Å²) in [6.45, 7) is 2.92. The van der Waals surface area contributed by atoms with Gasteiger partial charge in [0.05, 0.1) is 7.05 Å². The van der Waals surface area contributed by atoms with E-state index in [1.54, 1.807) is 11.7 Å². The van der Waals surface area contributed by atoms with E-state index in [2.05, 4.69) is 30.5 Å². The summed E-state index contributed by atoms with van der Waals surface area (Å²) in [5.74, 6) is -4.28. The number of aliphatic carboxylic acids is 2. The highest BCUT2D eigenvalue weighted by Crippen LogP contribution is 2.40. The highest BCUT2D eigenvalue weighted by atomic mass is 32.3. The molecule has 2 aliphatic heterocycles. The number of nitrogen functional groups attached to an aromatic ring is 2. The molecule has 0 saturated carbocycles. The molecule has 0 bridgehead atoms. The molecule has 4 rings (SSSR count). The quantitative estimate of drug-likeness (QED) is 0.0238. The summed E-state index contributed by atoms with van der Waals surface area (Å²) in [7, 11) is -3.30. The molecule has 1 fully saturated rings. The van der Waals surface area contributed by atoms with Crippen LogP contribution in [0.5, 0.6) is 0 Å². The molecule has 2 atom stereocenters. The number of nitrogens with two attached hydrogens (primary N) is 3. The van der Waals surface area contributed by atoms with Crippen molar-refractivity contribution in [1.29, 1.82) is 0 Å². The van der Waals surface area contributed by atoms with E-state index < -0.39 is 62.9 Å². The number of nitrogens with zero attached hydrogens (tertiary/aromatic N) is 6. The molecule has 0 unspecified atom stereocenters. The number of carbonyl (C=O) groups is 5. The Hall–Kier alpha value is -5.49. The molecular formula is C23H52N12O22S3. The van der Waals surface area contributed by atoms with Gasteiger partial charge in [0.2, 0.25) is 33.7 Å². The van der Waals surface area contributed by atoms with Gasteiger partial charge in [0, 0.05) is 35.9 Å². The van der Waals surface area contributed by atoms with Gasteiger partial charge in [-0.1, -0.05) is 5.16 Å². The van der Waals surface area contributed by atoms with Crippen molar-refractivity contribution < 1.29 is 116 Å². The van der Waals surface area contributed by atoms with Gasteiger partial charge in [-0.15, -0.1) is 21.1 Å². The first kappa shape index (κ1) is 72.2. The minimum Gasteiger partial charge on any atom is -0.726 e. The lowest BCUT2D eigenvalue weighted by Gasteiger charge is -2.49. The van der Waals surface area contributed by atoms with E-state index in [9.17, 15) is 34.2 Å². The Balaban J connectivity index is -0.000000284. The van der Waals surface area contributed by atoms with Crippen molar-refractivity contribution in [2.24, 2.45) is 17.9 Å². The summed E-state index contributed by atoms with van der Waals surface area (Å²) in [5, 5.41) is 29.9. The predicted octanol–water partition coefficient (Wildman–Crippen LogP) is -11.8. The minimum absolute atomic E-state index is 0. The molecular weight excluding hydrogens is 893 g/mol. The molecule has 60 heavy (non-hydrogen) atoms. The number of carboxylic acids is 2. The minimum atomic E-state index is -4.92. The van der Waals surface area contributed by atoms with Crippen LogP contribution in [0.2, 0.25) is 0 Å². The van der Waals surface area contributed by atoms with Gasteiger partial charge in [0.25, 0.3) is 11.8 Å². The van der Waals surface area contributed by atoms with E-state index in [1.807, 2.05) is 0 Å². The third-order valence-corrected chi connectivity index (χ3v) is 8.49. The lowest BCUT2D eigenvalue weighted by Crippen LogP contribution is -2.71. The third-order valence-electron chi connectivity index (χ3n) is 6.60. The van der Waals surface area contributed by atoms with Crippen LogP contribution >= 0.6 is 23.3 Å². The predicted molar refractivity (Wildman–Crippen MR) is 208 cm³/mol. The summed E-state index contributed by atoms with van der Waals surface area (Å²) in [6, 6.07) is -1.68. The van der Waals surface area contributed by atoms with E-state index in [-0.39, 0.29) is 108 Å². The summed E-state index contributed by atoms with van der Waals surface area (Å²) in [6.07, 6.45) is 1.52. The van der Waals surface area contributed by atoms with Crippen molar-refractivity contribution in [2.75, 3.05) is 35.6 Å². The van der Waals surface area contributed by atoms with Gasteiger partial charge in [-0.05, 0) is 13.8 Å². The van der Waals surface area contributed by atoms with E-state index in [0.29, 0.717) is 5.57 Å². The van der Waals surface area contributed by atoms with Crippen molar-refractivity contribution in [3.63, 3.8) is 0 Å². The average Bonchev–Trinajstić information content (AvgIpc) is 3.55. The Bertz CT molecular complexity index is 1860. The Morgan fingerprint density at radius 3 is 2.05 bits per heavy atom. The summed E-state index contributed by atoms with van der Waals surface area (Å²) in [5.41, 5.74) is 15.2. The average molecular weight is 945 g/mol. The maximum Gasteiger partial charge on any atom is 0.352 e. The Morgan fingerprint density at radius 2 is 1.60 bits per heavy atom. The maximum atomic E-state index is 13.3. The zero-order valence-electron chi connectivity index (χ0n) is 31.2. The molecule has 0 aromatic carbocycles. The molecule has 2 aromatic rings. The fourth-order valence-electron chi connectivity index (χ4n) is 4.14. The van der Waals surface area contributed by atoms with Crippen molar-refractivity contribution in [3.05, 3.63) is 23.3 Å². The van der Waals surface area contributed by atoms with Crippen LogP contribution in [0, 0.1) is 0 Å². The Labute approximate surface area is 345 Å². The molecule has 4 heterocycles. The number of hydrogen-bond donors (Lipinski definition) is 9. The maximum absolute atomic E-state index is 13.3. The molecule has 34 nitrogen and oxygen atoms in total. The third kappa shape index (κ3) is 17.8. The van der Waals surface area contributed by atoms with Crippen LogP contribution in [0.3, 0.4) is 0 Å². The highest BCUT2D eigenvalue weighted by Gasteiger charge is 2.55. The fraction of sp³-hybridized carbons (Fsp3) is 0.435. The first-order chi connectivity index (χ1) is 23.2. The van der Waals surface area contributed by atoms with E-state index >= 15 is 0 Å². The molecule has 2 aromatic heterocycles. The molecule has 0 radical (unpaired) electrons. The Kier molecular flexibility index (Phi) is 34.7. The van der Waals surface area contributed by atoms with Crippen molar-refractivity contribution in [1.82, 2.24) is 29.6 Å². The number of aromatic nitrogens is 4. The number of oxime groups is 1. The van der Waals surface area contributed by atoms with Gasteiger partial charge < -0.3 is 102 Å². The number of carbonyl (C=O) groups excluding carboxylic acids is 3. The van der Waals surface area contributed by atoms with Gasteiger partial charge in [0.1, 0.15) is 17.1 Å². The molecule has 4 amide bonds. The second-order valence-corrected chi connectivity index (χ2v) is 13.3. The smallest absolute Gasteiger partial charge is 0.352 e. The highest BCUT2D eigenvalue weighted by molar-refractivity contribution is 8.00. The molecule has 354 valence electrons. The number of nitrogens with one attached hydrogen (secondary N) is 3. The number of carboxylic acid groups (broad SMARTS) is 2. The van der Waals surface area contributed by atoms with Crippen LogP contribution in [-0.4, -0.2) is 173 Å². The van der Waals surface area contributed by atoms with Crippen molar-refractivity contribution >= 4 is 85.8 Å². The van der Waals surface area contributed by atoms with E-state index in [1.165, 1.54) is 36.5 Å². The van der Waals surface area contributed by atoms with Crippen LogP contribution in [0.4, 0.5) is 21.4 Å². The standard InChI is InChI=1S/C23H30N12O8S2.H2O4S.10H2O/c1-23(2,20(40)41)43-31-11(15-30-21(26)45-32-15)16(36)29-12-17(37)35-13(19(38)39)9(8-44-18(12)35)6-34-7-10(14(25)33(34)3)28-22(42)27-5-4-24;1-5(2,3)4;;;;;;;;;;/h7,12,18,25H,4-6,8,24H2,1-3H3,(H7,26,27,28,29,30,32,36,38,39,40,41,42);(H2,1,2,3,4);10*1H2/b31-11+;;;;;;;;;;;/t12-,18-;;;;;;;;;;;/m1.........../s1. The van der Waals surface area contributed by atoms with E-state index in [4.69, 9.17) is 39.6 Å². The zero-order valence-corrected chi connectivity index (χ0v) is 33.7. The zero-order chi connectivity index (χ0) is 37.7. The molecule has 1 saturated heterocycles. The summed E-state index contributed by atoms with van der Waals surface area (Å²) in [4.78, 5) is 72.4. The van der Waals surface area contributed by atoms with Crippen LogP contribution < -0.4 is 37.8 Å². The fourth-order valence-corrected chi connectivity index (χ4v) is 5.91. The Morgan fingerprint density at radius 1 is 1.07 bits per heavy atom. The normalized spacial score (nSPS) is 14.6. The first-order valence-corrected chi connectivity index (χ1v) is 16.9. The first-order valence-electron chi connectivity index (χ1n) is 13.7. The number of β-lactam (4-membered cyclic amide) rings is 1. The van der Waals surface area contributed by atoms with Gasteiger partial charge in [-0.3, -0.25) is 24.4 Å². The topological polar surface area (TPSA) is 692 Å². The lowest BCUT2D eigenvalue weighted by molar-refractivity contribution is -0.765. The van der Waals surface area contributed by atoms with Crippen LogP contribution in [0.15, 0.2) is 22.6 Å². The number of hydrogen-bond acceptors (Lipinski definition) is 17. The molecule has 32 N–H and O–H groups in total. The number of fused-ring (bicyclic) bond motifs is 1. The van der Waals surface area contributed by atoms with E-state index in [0.717, 1.165) is 16.4 Å². The second kappa shape index (κ2) is 28.9. The van der Waals surface area contributed by atoms with Crippen LogP contribution in [-0.2, 0) is 48.0 Å². The number of urea groups is 1. The van der Waals surface area contributed by atoms with Gasteiger partial charge in [-0.25, -0.2) is 22.8 Å². The lowest BCUT2D eigenvalue weighted by atomic mass is 10.0. The molecule has 37 heteroatoms. The second-order valence-electron chi connectivity index (χ2n) is 10.6. The van der Waals surface area contributed by atoms with Gasteiger partial charge >= 0.3 is 18.0 Å². The number of rotatable bonds is 12. The van der Waals surface area contributed by atoms with Gasteiger partial charge in [-0.2, -0.15) is 9.36 Å². The number of thioether (sulfide) groups is 1. The van der Waals surface area contributed by atoms with Crippen LogP contribution in [0.1, 0.15) is 19.7 Å². The molecule has 2 aliphatic rings. The van der Waals surface area contributed by atoms with Crippen LogP contribution in [0.25, 0.3) is 0 Å². The van der Waals surface area contributed by atoms with Crippen molar-refractivity contribution in [3.8, 4) is 0 Å². The SMILES string of the molecule is Cn1c(N)c(NC(=O)NCCN)c[n+]1CC1=C(C(=O)O)N2C(=O)[C@@H](NC(=O)/C(=N/OC(C)(C)C(=O)O)c3nsc(N)n3)[C@H]2SC1.O.O.O.O.O.O.O.O.O.O.O=S(=O)([O-])O. The van der Waals surface area contributed by atoms with Gasteiger partial charge in [0.15, 0.2) is 23.2 Å². The monoisotopic (exact) mass is 944 g/mol. The molecule has 0 aliphatic carbocycles. The largest absolute Gasteiger partial charge is 0.726 e.